The predicted molar refractivity (Wildman–Crippen MR) is 127 cm³/mol. The van der Waals surface area contributed by atoms with Crippen molar-refractivity contribution in [1.29, 1.82) is 0 Å². The molecule has 0 spiro atoms. The lowest BCUT2D eigenvalue weighted by Crippen LogP contribution is -2.29. The van der Waals surface area contributed by atoms with E-state index in [4.69, 9.17) is 25.5 Å². The van der Waals surface area contributed by atoms with Gasteiger partial charge in [-0.15, -0.1) is 0 Å². The summed E-state index contributed by atoms with van der Waals surface area (Å²) in [6, 6.07) is 17.0. The Morgan fingerprint density at radius 2 is 1.70 bits per heavy atom. The molecule has 0 aliphatic carbocycles. The molecule has 0 radical (unpaired) electrons. The molecule has 5 rings (SSSR count). The fourth-order valence-electron chi connectivity index (χ4n) is 4.26. The number of fused-ring (bicyclic) bond motifs is 2. The second-order valence-electron chi connectivity index (χ2n) is 7.84. The van der Waals surface area contributed by atoms with E-state index >= 15 is 0 Å². The van der Waals surface area contributed by atoms with E-state index in [2.05, 4.69) is 0 Å². The van der Waals surface area contributed by atoms with Gasteiger partial charge in [0.2, 0.25) is 5.76 Å². The van der Waals surface area contributed by atoms with Crippen LogP contribution in [0.25, 0.3) is 11.0 Å². The van der Waals surface area contributed by atoms with Crippen LogP contribution in [0.4, 0.5) is 5.69 Å². The van der Waals surface area contributed by atoms with Crippen molar-refractivity contribution in [2.24, 2.45) is 0 Å². The molecule has 1 unspecified atom stereocenters. The van der Waals surface area contributed by atoms with E-state index in [1.54, 1.807) is 49.6 Å². The number of rotatable bonds is 4. The molecule has 1 aromatic heterocycles. The Balaban J connectivity index is 1.78. The maximum atomic E-state index is 13.7. The number of carbonyl (C=O) groups is 1. The molecule has 0 N–H and O–H groups in total. The predicted octanol–water partition coefficient (Wildman–Crippen LogP) is 5.52. The van der Waals surface area contributed by atoms with Gasteiger partial charge in [-0.2, -0.15) is 0 Å². The van der Waals surface area contributed by atoms with Crippen LogP contribution >= 0.6 is 11.6 Å². The second-order valence-corrected chi connectivity index (χ2v) is 8.25. The molecular weight excluding hydrogens is 442 g/mol. The Hall–Kier alpha value is -3.77. The van der Waals surface area contributed by atoms with Gasteiger partial charge in [-0.25, -0.2) is 0 Å². The number of anilines is 1. The highest BCUT2D eigenvalue weighted by molar-refractivity contribution is 6.32. The number of hydrogen-bond donors (Lipinski definition) is 0. The van der Waals surface area contributed by atoms with Crippen molar-refractivity contribution in [3.8, 4) is 11.5 Å². The Morgan fingerprint density at radius 3 is 2.36 bits per heavy atom. The molecule has 3 aromatic carbocycles. The van der Waals surface area contributed by atoms with E-state index in [1.807, 2.05) is 25.1 Å². The molecule has 6 nitrogen and oxygen atoms in total. The first-order valence-electron chi connectivity index (χ1n) is 10.3. The highest BCUT2D eigenvalue weighted by Crippen LogP contribution is 2.43. The third kappa shape index (κ3) is 3.34. The van der Waals surface area contributed by atoms with Crippen LogP contribution in [0.5, 0.6) is 11.5 Å². The SMILES string of the molecule is COc1ccc(C2c3c(oc4ccc(C)cc4c3=O)C(=O)N2c2ccc(OC)c(Cl)c2)cc1. The summed E-state index contributed by atoms with van der Waals surface area (Å²) in [5, 5.41) is 0.794. The third-order valence-electron chi connectivity index (χ3n) is 5.87. The van der Waals surface area contributed by atoms with Gasteiger partial charge >= 0.3 is 0 Å². The molecule has 166 valence electrons. The molecule has 33 heavy (non-hydrogen) atoms. The number of benzene rings is 3. The van der Waals surface area contributed by atoms with Gasteiger partial charge in [-0.05, 0) is 55.0 Å². The summed E-state index contributed by atoms with van der Waals surface area (Å²) in [6.45, 7) is 1.91. The summed E-state index contributed by atoms with van der Waals surface area (Å²) < 4.78 is 16.5. The van der Waals surface area contributed by atoms with Crippen LogP contribution in [0.3, 0.4) is 0 Å². The van der Waals surface area contributed by atoms with Gasteiger partial charge in [0.05, 0.1) is 36.2 Å². The molecule has 1 aliphatic rings. The number of aryl methyl sites for hydroxylation is 1. The molecule has 2 heterocycles. The molecule has 1 atom stereocenters. The number of ether oxygens (including phenoxy) is 2. The first-order chi connectivity index (χ1) is 15.9. The monoisotopic (exact) mass is 461 g/mol. The van der Waals surface area contributed by atoms with Crippen LogP contribution in [-0.2, 0) is 0 Å². The Kier molecular flexibility index (Phi) is 5.10. The molecule has 4 aromatic rings. The first-order valence-corrected chi connectivity index (χ1v) is 10.7. The lowest BCUT2D eigenvalue weighted by Gasteiger charge is -2.25. The number of halogens is 1. The third-order valence-corrected chi connectivity index (χ3v) is 6.17. The van der Waals surface area contributed by atoms with Gasteiger partial charge in [-0.3, -0.25) is 14.5 Å². The zero-order valence-corrected chi connectivity index (χ0v) is 19.0. The standard InChI is InChI=1S/C26H20ClNO5/c1-14-4-10-20-18(12-14)24(29)22-23(15-5-8-17(31-2)9-6-15)28(26(30)25(22)33-20)16-7-11-21(32-3)19(27)13-16/h4-13,23H,1-3H3. The van der Waals surface area contributed by atoms with Gasteiger partial charge < -0.3 is 13.9 Å². The minimum Gasteiger partial charge on any atom is -0.497 e. The fourth-order valence-corrected chi connectivity index (χ4v) is 4.51. The van der Waals surface area contributed by atoms with Crippen LogP contribution in [0.15, 0.2) is 69.9 Å². The zero-order chi connectivity index (χ0) is 23.3. The van der Waals surface area contributed by atoms with Crippen LogP contribution in [-0.4, -0.2) is 20.1 Å². The van der Waals surface area contributed by atoms with Gasteiger partial charge in [0, 0.05) is 5.69 Å². The molecule has 1 amide bonds. The van der Waals surface area contributed by atoms with Gasteiger partial charge in [0.25, 0.3) is 5.91 Å². The molecule has 1 aliphatic heterocycles. The quantitative estimate of drug-likeness (QED) is 0.400. The largest absolute Gasteiger partial charge is 0.497 e. The molecule has 0 saturated carbocycles. The lowest BCUT2D eigenvalue weighted by molar-refractivity contribution is 0.0971. The maximum absolute atomic E-state index is 13.7. The smallest absolute Gasteiger partial charge is 0.295 e. The summed E-state index contributed by atoms with van der Waals surface area (Å²) >= 11 is 6.37. The van der Waals surface area contributed by atoms with Gasteiger partial charge in [0.15, 0.2) is 5.43 Å². The maximum Gasteiger partial charge on any atom is 0.295 e. The Morgan fingerprint density at radius 1 is 0.939 bits per heavy atom. The normalized spacial score (nSPS) is 15.1. The molecule has 0 saturated heterocycles. The number of carbonyl (C=O) groups excluding carboxylic acids is 1. The van der Waals surface area contributed by atoms with E-state index in [0.717, 1.165) is 11.1 Å². The number of methoxy groups -OCH3 is 2. The minimum atomic E-state index is -0.691. The lowest BCUT2D eigenvalue weighted by atomic mass is 9.98. The van der Waals surface area contributed by atoms with Crippen molar-refractivity contribution in [3.63, 3.8) is 0 Å². The van der Waals surface area contributed by atoms with E-state index in [1.165, 1.54) is 12.0 Å². The van der Waals surface area contributed by atoms with E-state index in [0.29, 0.717) is 38.7 Å². The zero-order valence-electron chi connectivity index (χ0n) is 18.2. The highest BCUT2D eigenvalue weighted by atomic mass is 35.5. The van der Waals surface area contributed by atoms with Crippen LogP contribution in [0.1, 0.15) is 33.3 Å². The van der Waals surface area contributed by atoms with Crippen LogP contribution in [0, 0.1) is 6.92 Å². The number of hydrogen-bond acceptors (Lipinski definition) is 5. The highest BCUT2D eigenvalue weighted by Gasteiger charge is 2.43. The second kappa shape index (κ2) is 7.98. The van der Waals surface area contributed by atoms with Crippen molar-refractivity contribution in [1.82, 2.24) is 0 Å². The van der Waals surface area contributed by atoms with Crippen molar-refractivity contribution < 1.29 is 18.7 Å². The van der Waals surface area contributed by atoms with Crippen molar-refractivity contribution >= 4 is 34.2 Å². The molecular formula is C26H20ClNO5. The minimum absolute atomic E-state index is 0.0316. The Bertz CT molecular complexity index is 1460. The number of nitrogens with zero attached hydrogens (tertiary/aromatic N) is 1. The fraction of sp³-hybridized carbons (Fsp3) is 0.154. The summed E-state index contributed by atoms with van der Waals surface area (Å²) in [5.41, 5.74) is 2.65. The number of amides is 1. The van der Waals surface area contributed by atoms with E-state index in [9.17, 15) is 9.59 Å². The summed E-state index contributed by atoms with van der Waals surface area (Å²) in [7, 11) is 3.10. The first kappa shape index (κ1) is 21.1. The summed E-state index contributed by atoms with van der Waals surface area (Å²) in [5.74, 6) is 0.778. The topological polar surface area (TPSA) is 69.0 Å². The average molecular weight is 462 g/mol. The van der Waals surface area contributed by atoms with E-state index < -0.39 is 11.9 Å². The van der Waals surface area contributed by atoms with E-state index in [-0.39, 0.29) is 11.2 Å². The summed E-state index contributed by atoms with van der Waals surface area (Å²) in [4.78, 5) is 28.8. The van der Waals surface area contributed by atoms with Crippen molar-refractivity contribution in [2.75, 3.05) is 19.1 Å². The van der Waals surface area contributed by atoms with Crippen molar-refractivity contribution in [2.45, 2.75) is 13.0 Å². The Labute approximate surface area is 194 Å². The molecule has 0 bridgehead atoms. The average Bonchev–Trinajstić information content (AvgIpc) is 3.12. The summed E-state index contributed by atoms with van der Waals surface area (Å²) in [6.07, 6.45) is 0. The van der Waals surface area contributed by atoms with Gasteiger partial charge in [0.1, 0.15) is 17.1 Å². The molecule has 7 heteroatoms. The van der Waals surface area contributed by atoms with Gasteiger partial charge in [-0.1, -0.05) is 35.4 Å². The van der Waals surface area contributed by atoms with Crippen LogP contribution < -0.4 is 19.8 Å². The molecule has 0 fully saturated rings. The van der Waals surface area contributed by atoms with Crippen molar-refractivity contribution in [3.05, 3.63) is 98.4 Å². The van der Waals surface area contributed by atoms with Crippen LogP contribution in [0.2, 0.25) is 5.02 Å².